The Morgan fingerprint density at radius 2 is 1.82 bits per heavy atom. The lowest BCUT2D eigenvalue weighted by molar-refractivity contribution is -0.118. The number of fused-ring (bicyclic) bond motifs is 5. The van der Waals surface area contributed by atoms with E-state index in [1.807, 2.05) is 18.2 Å². The molecule has 0 saturated heterocycles. The van der Waals surface area contributed by atoms with Gasteiger partial charge in [0.05, 0.1) is 13.2 Å². The summed E-state index contributed by atoms with van der Waals surface area (Å²) in [7, 11) is 0. The number of ether oxygens (including phenoxy) is 2. The molecule has 0 bridgehead atoms. The normalized spacial score (nSPS) is 23.2. The van der Waals surface area contributed by atoms with Gasteiger partial charge in [0.25, 0.3) is 0 Å². The standard InChI is InChI=1S/C28H28ClNO3/c1-28(2)15-23-27(24(31)16-28)20(18-6-3-4-7-21(18)29)13-22-19-14-26-25(32-10-5-11-33-26)12-17(19)8-9-30(22)23/h3-4,6-7,12-14,20H,5,8-11,15-16H2,1-2H3. The third kappa shape index (κ3) is 3.47. The molecule has 1 aliphatic carbocycles. The molecule has 0 saturated carbocycles. The molecule has 3 heterocycles. The third-order valence-electron chi connectivity index (χ3n) is 7.24. The Labute approximate surface area is 199 Å². The number of carbonyl (C=O) groups excluding carboxylic acids is 1. The van der Waals surface area contributed by atoms with E-state index in [1.165, 1.54) is 11.1 Å². The maximum Gasteiger partial charge on any atom is 0.162 e. The van der Waals surface area contributed by atoms with E-state index in [4.69, 9.17) is 21.1 Å². The Hall–Kier alpha value is -2.72. The Kier molecular flexibility index (Phi) is 4.84. The summed E-state index contributed by atoms with van der Waals surface area (Å²) in [5, 5.41) is 0.701. The molecular formula is C28H28ClNO3. The minimum absolute atomic E-state index is 0.0611. The van der Waals surface area contributed by atoms with Gasteiger partial charge in [-0.1, -0.05) is 43.6 Å². The Morgan fingerprint density at radius 3 is 2.61 bits per heavy atom. The van der Waals surface area contributed by atoms with Gasteiger partial charge >= 0.3 is 0 Å². The fraction of sp³-hybridized carbons (Fsp3) is 0.393. The molecule has 0 spiro atoms. The molecule has 0 N–H and O–H groups in total. The van der Waals surface area contributed by atoms with E-state index in [1.54, 1.807) is 0 Å². The minimum atomic E-state index is -0.148. The van der Waals surface area contributed by atoms with Crippen molar-refractivity contribution in [3.8, 4) is 11.5 Å². The molecule has 6 rings (SSSR count). The van der Waals surface area contributed by atoms with Crippen LogP contribution in [0.5, 0.6) is 11.5 Å². The summed E-state index contributed by atoms with van der Waals surface area (Å²) in [5.74, 6) is 1.74. The summed E-state index contributed by atoms with van der Waals surface area (Å²) in [4.78, 5) is 15.9. The number of nitrogens with zero attached hydrogens (tertiary/aromatic N) is 1. The highest BCUT2D eigenvalue weighted by Crippen LogP contribution is 2.52. The number of allylic oxidation sites excluding steroid dienone is 3. The maximum atomic E-state index is 13.5. The van der Waals surface area contributed by atoms with Crippen molar-refractivity contribution in [1.82, 2.24) is 4.90 Å². The molecule has 33 heavy (non-hydrogen) atoms. The van der Waals surface area contributed by atoms with Crippen LogP contribution in [0.15, 0.2) is 53.7 Å². The van der Waals surface area contributed by atoms with E-state index in [0.717, 1.165) is 59.8 Å². The highest BCUT2D eigenvalue weighted by atomic mass is 35.5. The molecule has 1 atom stereocenters. The molecule has 170 valence electrons. The summed E-state index contributed by atoms with van der Waals surface area (Å²) in [6.07, 6.45) is 5.49. The largest absolute Gasteiger partial charge is 0.490 e. The van der Waals surface area contributed by atoms with E-state index < -0.39 is 0 Å². The number of hydrogen-bond donors (Lipinski definition) is 0. The van der Waals surface area contributed by atoms with Crippen molar-refractivity contribution in [1.29, 1.82) is 0 Å². The van der Waals surface area contributed by atoms with Crippen molar-refractivity contribution >= 4 is 23.1 Å². The summed E-state index contributed by atoms with van der Waals surface area (Å²) in [6.45, 7) is 6.59. The van der Waals surface area contributed by atoms with Gasteiger partial charge in [-0.15, -0.1) is 0 Å². The van der Waals surface area contributed by atoms with Gasteiger partial charge < -0.3 is 14.4 Å². The average molecular weight is 462 g/mol. The molecule has 1 unspecified atom stereocenters. The molecule has 0 fully saturated rings. The van der Waals surface area contributed by atoms with Gasteiger partial charge in [0.15, 0.2) is 17.3 Å². The lowest BCUT2D eigenvalue weighted by atomic mass is 9.69. The Balaban J connectivity index is 1.55. The minimum Gasteiger partial charge on any atom is -0.490 e. The van der Waals surface area contributed by atoms with Crippen LogP contribution in [-0.4, -0.2) is 30.4 Å². The van der Waals surface area contributed by atoms with Gasteiger partial charge in [-0.25, -0.2) is 0 Å². The number of ketones is 1. The molecule has 3 aliphatic heterocycles. The first-order chi connectivity index (χ1) is 15.9. The van der Waals surface area contributed by atoms with Gasteiger partial charge in [-0.05, 0) is 53.7 Å². The van der Waals surface area contributed by atoms with Gasteiger partial charge in [0.1, 0.15) is 0 Å². The summed E-state index contributed by atoms with van der Waals surface area (Å²) >= 11 is 6.67. The summed E-state index contributed by atoms with van der Waals surface area (Å²) in [6, 6.07) is 12.2. The van der Waals surface area contributed by atoms with Crippen molar-refractivity contribution in [2.45, 2.75) is 45.4 Å². The molecule has 2 aromatic rings. The zero-order valence-corrected chi connectivity index (χ0v) is 19.9. The van der Waals surface area contributed by atoms with Crippen molar-refractivity contribution in [2.75, 3.05) is 19.8 Å². The molecule has 2 aromatic carbocycles. The maximum absolute atomic E-state index is 13.5. The molecule has 0 aromatic heterocycles. The second-order valence-electron chi connectivity index (χ2n) is 10.3. The predicted octanol–water partition coefficient (Wildman–Crippen LogP) is 6.14. The summed E-state index contributed by atoms with van der Waals surface area (Å²) in [5.41, 5.74) is 6.61. The van der Waals surface area contributed by atoms with Crippen LogP contribution in [0.3, 0.4) is 0 Å². The second kappa shape index (κ2) is 7.66. The number of halogens is 1. The Bertz CT molecular complexity index is 1230. The molecule has 0 radical (unpaired) electrons. The van der Waals surface area contributed by atoms with E-state index in [9.17, 15) is 4.79 Å². The number of hydrogen-bond acceptors (Lipinski definition) is 4. The van der Waals surface area contributed by atoms with Crippen molar-refractivity contribution in [3.05, 3.63) is 75.5 Å². The predicted molar refractivity (Wildman–Crippen MR) is 130 cm³/mol. The average Bonchev–Trinajstić information content (AvgIpc) is 3.01. The lowest BCUT2D eigenvalue weighted by Crippen LogP contribution is -2.40. The fourth-order valence-corrected chi connectivity index (χ4v) is 6.02. The first-order valence-corrected chi connectivity index (χ1v) is 12.2. The van der Waals surface area contributed by atoms with E-state index in [0.29, 0.717) is 24.7 Å². The topological polar surface area (TPSA) is 38.8 Å². The van der Waals surface area contributed by atoms with Crippen LogP contribution in [0.2, 0.25) is 5.02 Å². The number of carbonyl (C=O) groups is 1. The molecule has 4 nitrogen and oxygen atoms in total. The fourth-order valence-electron chi connectivity index (χ4n) is 5.76. The van der Waals surface area contributed by atoms with Gasteiger partial charge in [0, 0.05) is 52.9 Å². The molecule has 5 heteroatoms. The first kappa shape index (κ1) is 20.9. The molecule has 4 aliphatic rings. The monoisotopic (exact) mass is 461 g/mol. The number of rotatable bonds is 1. The van der Waals surface area contributed by atoms with Crippen LogP contribution < -0.4 is 9.47 Å². The number of benzene rings is 2. The van der Waals surface area contributed by atoms with Gasteiger partial charge in [-0.2, -0.15) is 0 Å². The number of Topliss-reactive ketones (excluding diaryl/α,β-unsaturated/α-hetero) is 1. The molecule has 0 amide bonds. The molecular weight excluding hydrogens is 434 g/mol. The van der Waals surface area contributed by atoms with E-state index >= 15 is 0 Å². The van der Waals surface area contributed by atoms with Crippen molar-refractivity contribution < 1.29 is 14.3 Å². The van der Waals surface area contributed by atoms with Crippen LogP contribution in [0.1, 0.15) is 55.7 Å². The Morgan fingerprint density at radius 1 is 1.06 bits per heavy atom. The van der Waals surface area contributed by atoms with Crippen LogP contribution in [0, 0.1) is 5.41 Å². The van der Waals surface area contributed by atoms with Crippen LogP contribution in [0.25, 0.3) is 5.70 Å². The van der Waals surface area contributed by atoms with Crippen LogP contribution in [-0.2, 0) is 11.2 Å². The zero-order valence-electron chi connectivity index (χ0n) is 19.1. The summed E-state index contributed by atoms with van der Waals surface area (Å²) < 4.78 is 12.0. The van der Waals surface area contributed by atoms with Gasteiger partial charge in [-0.3, -0.25) is 4.79 Å². The SMILES string of the molecule is CC1(C)CC(=O)C2=C(C1)N1CCc3cc4c(cc3C1=CC2c1ccccc1Cl)OCCCO4. The first-order valence-electron chi connectivity index (χ1n) is 11.8. The second-order valence-corrected chi connectivity index (χ2v) is 10.7. The van der Waals surface area contributed by atoms with Crippen LogP contribution in [0.4, 0.5) is 0 Å². The zero-order chi connectivity index (χ0) is 22.7. The van der Waals surface area contributed by atoms with Crippen molar-refractivity contribution in [3.63, 3.8) is 0 Å². The highest BCUT2D eigenvalue weighted by Gasteiger charge is 2.43. The van der Waals surface area contributed by atoms with E-state index in [2.05, 4.69) is 43.0 Å². The van der Waals surface area contributed by atoms with Gasteiger partial charge in [0.2, 0.25) is 0 Å². The highest BCUT2D eigenvalue weighted by molar-refractivity contribution is 6.31. The lowest BCUT2D eigenvalue weighted by Gasteiger charge is -2.46. The van der Waals surface area contributed by atoms with Crippen LogP contribution >= 0.6 is 11.6 Å². The quantitative estimate of drug-likeness (QED) is 0.511. The third-order valence-corrected chi connectivity index (χ3v) is 7.59. The van der Waals surface area contributed by atoms with Crippen molar-refractivity contribution in [2.24, 2.45) is 5.41 Å². The smallest absolute Gasteiger partial charge is 0.162 e. The van der Waals surface area contributed by atoms with E-state index in [-0.39, 0.29) is 17.1 Å².